The summed E-state index contributed by atoms with van der Waals surface area (Å²) in [5.74, 6) is 0.481. The lowest BCUT2D eigenvalue weighted by atomic mass is 9.96. The number of nitrogens with zero attached hydrogens (tertiary/aromatic N) is 5. The molecule has 0 spiro atoms. The Morgan fingerprint density at radius 3 is 2.67 bits per heavy atom. The van der Waals surface area contributed by atoms with Gasteiger partial charge in [-0.3, -0.25) is 4.79 Å². The zero-order chi connectivity index (χ0) is 16.8. The van der Waals surface area contributed by atoms with Crippen LogP contribution in [0.15, 0.2) is 5.16 Å². The minimum absolute atomic E-state index is 0.0909. The third kappa shape index (κ3) is 4.69. The van der Waals surface area contributed by atoms with E-state index in [2.05, 4.69) is 32.7 Å². The molecule has 0 unspecified atom stereocenters. The number of rotatable bonds is 6. The summed E-state index contributed by atoms with van der Waals surface area (Å²) in [5.41, 5.74) is 0. The van der Waals surface area contributed by atoms with Gasteiger partial charge in [0.2, 0.25) is 11.1 Å². The second kappa shape index (κ2) is 8.80. The summed E-state index contributed by atoms with van der Waals surface area (Å²) in [4.78, 5) is 14.6. The van der Waals surface area contributed by atoms with E-state index in [1.54, 1.807) is 0 Å². The van der Waals surface area contributed by atoms with Gasteiger partial charge in [0.25, 0.3) is 0 Å². The summed E-state index contributed by atoms with van der Waals surface area (Å²) in [6, 6.07) is 0.716. The fourth-order valence-electron chi connectivity index (χ4n) is 3.63. The average Bonchev–Trinajstić information content (AvgIpc) is 3.10. The van der Waals surface area contributed by atoms with Crippen molar-refractivity contribution in [1.29, 1.82) is 0 Å². The summed E-state index contributed by atoms with van der Waals surface area (Å²) < 4.78 is 1.93. The molecule has 1 N–H and O–H groups in total. The molecule has 1 saturated heterocycles. The predicted octanol–water partition coefficient (Wildman–Crippen LogP) is 1.87. The summed E-state index contributed by atoms with van der Waals surface area (Å²) in [6.45, 7) is 5.44. The Morgan fingerprint density at radius 2 is 1.96 bits per heavy atom. The van der Waals surface area contributed by atoms with E-state index in [9.17, 15) is 4.79 Å². The van der Waals surface area contributed by atoms with Crippen molar-refractivity contribution in [2.45, 2.75) is 69.1 Å². The number of hydrogen-bond acceptors (Lipinski definition) is 6. The Kier molecular flexibility index (Phi) is 6.48. The molecule has 0 radical (unpaired) electrons. The second-order valence-electron chi connectivity index (χ2n) is 6.76. The van der Waals surface area contributed by atoms with E-state index >= 15 is 0 Å². The first-order chi connectivity index (χ1) is 11.8. The zero-order valence-electron chi connectivity index (χ0n) is 14.5. The van der Waals surface area contributed by atoms with Crippen molar-refractivity contribution in [2.24, 2.45) is 0 Å². The molecule has 1 amide bonds. The lowest BCUT2D eigenvalue weighted by Crippen LogP contribution is -2.45. The Labute approximate surface area is 147 Å². The Hall–Kier alpha value is -1.15. The van der Waals surface area contributed by atoms with Crippen molar-refractivity contribution in [3.05, 3.63) is 0 Å². The maximum atomic E-state index is 12.2. The van der Waals surface area contributed by atoms with Crippen molar-refractivity contribution < 1.29 is 4.79 Å². The molecule has 8 heteroatoms. The number of carbonyl (C=O) groups excluding carboxylic acids is 1. The molecule has 0 bridgehead atoms. The molecule has 3 rings (SSSR count). The molecular weight excluding hydrogens is 324 g/mol. The van der Waals surface area contributed by atoms with Crippen LogP contribution >= 0.6 is 11.8 Å². The van der Waals surface area contributed by atoms with Gasteiger partial charge in [-0.2, -0.15) is 0 Å². The van der Waals surface area contributed by atoms with Crippen molar-refractivity contribution in [3.8, 4) is 0 Å². The molecule has 7 nitrogen and oxygen atoms in total. The summed E-state index contributed by atoms with van der Waals surface area (Å²) in [6.07, 6.45) is 8.16. The van der Waals surface area contributed by atoms with Gasteiger partial charge in [-0.15, -0.1) is 5.10 Å². The van der Waals surface area contributed by atoms with Crippen LogP contribution in [0.4, 0.5) is 0 Å². The number of likely N-dealkylation sites (tertiary alicyclic amines) is 1. The largest absolute Gasteiger partial charge is 0.353 e. The van der Waals surface area contributed by atoms with Gasteiger partial charge in [0.15, 0.2) is 0 Å². The molecule has 24 heavy (non-hydrogen) atoms. The third-order valence-corrected chi connectivity index (χ3v) is 6.05. The Bertz CT molecular complexity index is 522. The van der Waals surface area contributed by atoms with E-state index in [1.807, 2.05) is 4.68 Å². The van der Waals surface area contributed by atoms with Gasteiger partial charge in [-0.1, -0.05) is 37.9 Å². The quantitative estimate of drug-likeness (QED) is 0.788. The molecule has 1 aromatic heterocycles. The number of thioether (sulfide) groups is 1. The molecule has 2 aliphatic rings. The van der Waals surface area contributed by atoms with Crippen molar-refractivity contribution in [3.63, 3.8) is 0 Å². The SMILES string of the molecule is CCN1CCC(NC(=O)CSc2nnnn2C2CCCCC2)CC1. The van der Waals surface area contributed by atoms with E-state index in [-0.39, 0.29) is 5.91 Å². The number of tetrazole rings is 1. The fraction of sp³-hybridized carbons (Fsp3) is 0.875. The number of carbonyl (C=O) groups is 1. The van der Waals surface area contributed by atoms with Crippen LogP contribution in [0, 0.1) is 0 Å². The first-order valence-corrected chi connectivity index (χ1v) is 10.2. The number of piperidine rings is 1. The highest BCUT2D eigenvalue weighted by atomic mass is 32.2. The number of aromatic nitrogens is 4. The van der Waals surface area contributed by atoms with Crippen LogP contribution in [-0.4, -0.2) is 62.4 Å². The fourth-order valence-corrected chi connectivity index (χ4v) is 4.38. The molecule has 2 heterocycles. The van der Waals surface area contributed by atoms with E-state index < -0.39 is 0 Å². The van der Waals surface area contributed by atoms with E-state index in [0.717, 1.165) is 50.5 Å². The van der Waals surface area contributed by atoms with E-state index in [4.69, 9.17) is 0 Å². The molecule has 1 aromatic rings. The van der Waals surface area contributed by atoms with Crippen LogP contribution in [0.5, 0.6) is 0 Å². The van der Waals surface area contributed by atoms with Crippen molar-refractivity contribution >= 4 is 17.7 Å². The van der Waals surface area contributed by atoms with Crippen molar-refractivity contribution in [1.82, 2.24) is 30.4 Å². The number of amides is 1. The Balaban J connectivity index is 1.44. The first-order valence-electron chi connectivity index (χ1n) is 9.18. The molecule has 2 fully saturated rings. The van der Waals surface area contributed by atoms with Gasteiger partial charge in [0, 0.05) is 19.1 Å². The lowest BCUT2D eigenvalue weighted by molar-refractivity contribution is -0.119. The molecule has 1 aliphatic carbocycles. The van der Waals surface area contributed by atoms with Crippen LogP contribution in [0.3, 0.4) is 0 Å². The first kappa shape index (κ1) is 17.7. The zero-order valence-corrected chi connectivity index (χ0v) is 15.3. The maximum absolute atomic E-state index is 12.2. The third-order valence-electron chi connectivity index (χ3n) is 5.12. The molecule has 1 saturated carbocycles. The summed E-state index contributed by atoms with van der Waals surface area (Å²) in [7, 11) is 0. The van der Waals surface area contributed by atoms with Gasteiger partial charge < -0.3 is 10.2 Å². The molecule has 0 atom stereocenters. The number of nitrogens with one attached hydrogen (secondary N) is 1. The van der Waals surface area contributed by atoms with Crippen LogP contribution in [0.2, 0.25) is 0 Å². The predicted molar refractivity (Wildman–Crippen MR) is 93.9 cm³/mol. The topological polar surface area (TPSA) is 75.9 Å². The van der Waals surface area contributed by atoms with Crippen LogP contribution in [0.1, 0.15) is 57.9 Å². The minimum Gasteiger partial charge on any atom is -0.353 e. The highest BCUT2D eigenvalue weighted by Gasteiger charge is 2.22. The van der Waals surface area contributed by atoms with Gasteiger partial charge in [-0.05, 0) is 42.7 Å². The van der Waals surface area contributed by atoms with E-state index in [1.165, 1.54) is 31.0 Å². The molecule has 134 valence electrons. The van der Waals surface area contributed by atoms with Crippen LogP contribution in [-0.2, 0) is 4.79 Å². The van der Waals surface area contributed by atoms with Gasteiger partial charge >= 0.3 is 0 Å². The van der Waals surface area contributed by atoms with Gasteiger partial charge in [0.05, 0.1) is 11.8 Å². The summed E-state index contributed by atoms with van der Waals surface area (Å²) in [5, 5.41) is 16.0. The monoisotopic (exact) mass is 352 g/mol. The van der Waals surface area contributed by atoms with E-state index in [0.29, 0.717) is 17.8 Å². The second-order valence-corrected chi connectivity index (χ2v) is 7.71. The van der Waals surface area contributed by atoms with Crippen LogP contribution < -0.4 is 5.32 Å². The average molecular weight is 353 g/mol. The smallest absolute Gasteiger partial charge is 0.230 e. The molecule has 1 aliphatic heterocycles. The van der Waals surface area contributed by atoms with Gasteiger partial charge in [0.1, 0.15) is 0 Å². The minimum atomic E-state index is 0.0909. The molecule has 0 aromatic carbocycles. The number of hydrogen-bond donors (Lipinski definition) is 1. The maximum Gasteiger partial charge on any atom is 0.230 e. The van der Waals surface area contributed by atoms with Crippen molar-refractivity contribution in [2.75, 3.05) is 25.4 Å². The Morgan fingerprint density at radius 1 is 1.21 bits per heavy atom. The van der Waals surface area contributed by atoms with Crippen LogP contribution in [0.25, 0.3) is 0 Å². The summed E-state index contributed by atoms with van der Waals surface area (Å²) >= 11 is 1.45. The normalized spacial score (nSPS) is 21.0. The highest BCUT2D eigenvalue weighted by Crippen LogP contribution is 2.30. The molecular formula is C16H28N6OS. The van der Waals surface area contributed by atoms with Gasteiger partial charge in [-0.25, -0.2) is 4.68 Å². The highest BCUT2D eigenvalue weighted by molar-refractivity contribution is 7.99. The standard InChI is InChI=1S/C16H28N6OS/c1-2-21-10-8-13(9-11-21)17-15(23)12-24-16-18-19-20-22(16)14-6-4-3-5-7-14/h13-14H,2-12H2,1H3,(H,17,23). The lowest BCUT2D eigenvalue weighted by Gasteiger charge is -2.31.